The third kappa shape index (κ3) is 3.08. The van der Waals surface area contributed by atoms with E-state index in [4.69, 9.17) is 4.74 Å². The second kappa shape index (κ2) is 7.09. The number of ether oxygens (including phenoxy) is 1. The van der Waals surface area contributed by atoms with Crippen molar-refractivity contribution in [2.45, 2.75) is 77.2 Å². The van der Waals surface area contributed by atoms with Gasteiger partial charge in [0.05, 0.1) is 17.5 Å². The molecular weight excluding hydrogens is 404 g/mol. The number of hydrogen-bond acceptors (Lipinski definition) is 3. The Bertz CT molecular complexity index is 590. The Morgan fingerprint density at radius 2 is 1.85 bits per heavy atom. The van der Waals surface area contributed by atoms with Crippen LogP contribution in [0.1, 0.15) is 71.6 Å². The molecule has 8 unspecified atom stereocenters. The summed E-state index contributed by atoms with van der Waals surface area (Å²) in [7, 11) is 1.86. The van der Waals surface area contributed by atoms with Crippen LogP contribution < -0.4 is 0 Å². The van der Waals surface area contributed by atoms with Gasteiger partial charge in [-0.15, -0.1) is 0 Å². The molecular formula is C23H37BrO3. The van der Waals surface area contributed by atoms with Gasteiger partial charge >= 0.3 is 0 Å². The molecule has 27 heavy (non-hydrogen) atoms. The van der Waals surface area contributed by atoms with Crippen LogP contribution in [0.15, 0.2) is 0 Å². The van der Waals surface area contributed by atoms with Crippen molar-refractivity contribution >= 4 is 21.7 Å². The van der Waals surface area contributed by atoms with Gasteiger partial charge in [0.1, 0.15) is 5.78 Å². The summed E-state index contributed by atoms with van der Waals surface area (Å²) < 4.78 is 5.83. The summed E-state index contributed by atoms with van der Waals surface area (Å²) in [6, 6.07) is 0. The van der Waals surface area contributed by atoms with Crippen molar-refractivity contribution in [1.82, 2.24) is 0 Å². The first-order chi connectivity index (χ1) is 12.8. The second-order valence-electron chi connectivity index (χ2n) is 10.8. The molecule has 4 fully saturated rings. The van der Waals surface area contributed by atoms with E-state index < -0.39 is 5.60 Å². The predicted molar refractivity (Wildman–Crippen MR) is 111 cm³/mol. The Balaban J connectivity index is 1.63. The van der Waals surface area contributed by atoms with Gasteiger partial charge in [0.25, 0.3) is 0 Å². The van der Waals surface area contributed by atoms with E-state index in [-0.39, 0.29) is 16.7 Å². The molecule has 0 aromatic rings. The van der Waals surface area contributed by atoms with Crippen molar-refractivity contribution < 1.29 is 14.6 Å². The summed E-state index contributed by atoms with van der Waals surface area (Å²) in [5, 5.41) is 11.2. The minimum atomic E-state index is -0.501. The highest BCUT2D eigenvalue weighted by atomic mass is 79.9. The minimum absolute atomic E-state index is 0.202. The lowest BCUT2D eigenvalue weighted by Crippen LogP contribution is -2.58. The van der Waals surface area contributed by atoms with Crippen LogP contribution in [0, 0.1) is 40.4 Å². The van der Waals surface area contributed by atoms with Gasteiger partial charge in [-0.2, -0.15) is 0 Å². The zero-order valence-electron chi connectivity index (χ0n) is 17.3. The molecule has 0 aliphatic heterocycles. The molecule has 4 rings (SSSR count). The van der Waals surface area contributed by atoms with E-state index in [1.165, 1.54) is 32.1 Å². The highest BCUT2D eigenvalue weighted by Gasteiger charge is 2.62. The van der Waals surface area contributed by atoms with E-state index in [0.29, 0.717) is 28.9 Å². The Morgan fingerprint density at radius 3 is 2.56 bits per heavy atom. The molecule has 1 N–H and O–H groups in total. The topological polar surface area (TPSA) is 46.5 Å². The van der Waals surface area contributed by atoms with Gasteiger partial charge in [-0.3, -0.25) is 4.79 Å². The molecule has 4 heteroatoms. The highest BCUT2D eigenvalue weighted by molar-refractivity contribution is 9.09. The van der Waals surface area contributed by atoms with Crippen molar-refractivity contribution in [1.29, 1.82) is 0 Å². The summed E-state index contributed by atoms with van der Waals surface area (Å²) in [5.74, 6) is 3.42. The number of aliphatic hydroxyl groups is 1. The summed E-state index contributed by atoms with van der Waals surface area (Å²) >= 11 is 3.43. The monoisotopic (exact) mass is 440 g/mol. The zero-order chi connectivity index (χ0) is 19.4. The van der Waals surface area contributed by atoms with Crippen molar-refractivity contribution in [3.8, 4) is 0 Å². The molecule has 0 aromatic heterocycles. The van der Waals surface area contributed by atoms with Gasteiger partial charge in [-0.05, 0) is 99.2 Å². The molecule has 0 bridgehead atoms. The summed E-state index contributed by atoms with van der Waals surface area (Å²) in [6.07, 6.45) is 10.2. The van der Waals surface area contributed by atoms with Gasteiger partial charge in [0.2, 0.25) is 0 Å². The molecule has 4 saturated carbocycles. The molecule has 8 atom stereocenters. The van der Waals surface area contributed by atoms with E-state index >= 15 is 0 Å². The Morgan fingerprint density at radius 1 is 1.07 bits per heavy atom. The lowest BCUT2D eigenvalue weighted by molar-refractivity contribution is -0.175. The number of fused-ring (bicyclic) bond motifs is 5. The van der Waals surface area contributed by atoms with E-state index in [9.17, 15) is 9.90 Å². The largest absolute Gasteiger partial charge is 0.390 e. The molecule has 0 amide bonds. The molecule has 0 saturated heterocycles. The molecule has 4 aliphatic rings. The maximum Gasteiger partial charge on any atom is 0.147 e. The molecule has 0 radical (unpaired) electrons. The van der Waals surface area contributed by atoms with E-state index in [1.807, 2.05) is 14.0 Å². The maximum absolute atomic E-state index is 12.6. The van der Waals surface area contributed by atoms with Crippen LogP contribution in [0.4, 0.5) is 0 Å². The fourth-order valence-electron chi connectivity index (χ4n) is 8.41. The minimum Gasteiger partial charge on any atom is -0.390 e. The first-order valence-corrected chi connectivity index (χ1v) is 12.2. The number of methoxy groups -OCH3 is 1. The smallest absolute Gasteiger partial charge is 0.147 e. The quantitative estimate of drug-likeness (QED) is 0.626. The van der Waals surface area contributed by atoms with Crippen LogP contribution in [0.2, 0.25) is 0 Å². The number of halogens is 1. The highest BCUT2D eigenvalue weighted by Crippen LogP contribution is 2.68. The number of rotatable bonds is 4. The predicted octanol–water partition coefficient (Wildman–Crippen LogP) is 4.99. The second-order valence-corrected chi connectivity index (χ2v) is 11.4. The third-order valence-corrected chi connectivity index (χ3v) is 10.1. The van der Waals surface area contributed by atoms with Crippen LogP contribution in [0.3, 0.4) is 0 Å². The summed E-state index contributed by atoms with van der Waals surface area (Å²) in [4.78, 5) is 12.6. The van der Waals surface area contributed by atoms with Gasteiger partial charge in [0, 0.05) is 13.0 Å². The average molecular weight is 441 g/mol. The van der Waals surface area contributed by atoms with Crippen molar-refractivity contribution in [3.05, 3.63) is 0 Å². The molecule has 154 valence electrons. The number of Topliss-reactive ketones (excluding diaryl/α,β-unsaturated/α-hetero) is 1. The van der Waals surface area contributed by atoms with Crippen LogP contribution in [0.25, 0.3) is 0 Å². The number of alkyl halides is 1. The number of carbonyl (C=O) groups is 1. The van der Waals surface area contributed by atoms with Crippen molar-refractivity contribution in [2.24, 2.45) is 40.4 Å². The van der Waals surface area contributed by atoms with Crippen LogP contribution in [-0.4, -0.2) is 35.5 Å². The van der Waals surface area contributed by atoms with Gasteiger partial charge in [0.15, 0.2) is 0 Å². The van der Waals surface area contributed by atoms with Crippen molar-refractivity contribution in [3.63, 3.8) is 0 Å². The number of hydrogen-bond donors (Lipinski definition) is 1. The van der Waals surface area contributed by atoms with E-state index in [1.54, 1.807) is 0 Å². The molecule has 4 aliphatic carbocycles. The fraction of sp³-hybridized carbons (Fsp3) is 0.957. The molecule has 3 nitrogen and oxygen atoms in total. The SMILES string of the molecule is COCC12CCC(C)(O)CC1CCC1C3CCC(C(=O)CBr)C3(C)CCC12. The lowest BCUT2D eigenvalue weighted by atomic mass is 9.43. The lowest BCUT2D eigenvalue weighted by Gasteiger charge is -2.62. The molecule has 0 aromatic carbocycles. The first kappa shape index (κ1) is 20.3. The first-order valence-electron chi connectivity index (χ1n) is 11.1. The van der Waals surface area contributed by atoms with Crippen LogP contribution >= 0.6 is 15.9 Å². The Kier molecular flexibility index (Phi) is 5.34. The van der Waals surface area contributed by atoms with Crippen LogP contribution in [-0.2, 0) is 9.53 Å². The van der Waals surface area contributed by atoms with E-state index in [0.717, 1.165) is 38.2 Å². The fourth-order valence-corrected chi connectivity index (χ4v) is 8.80. The van der Waals surface area contributed by atoms with Crippen LogP contribution in [0.5, 0.6) is 0 Å². The zero-order valence-corrected chi connectivity index (χ0v) is 18.9. The Hall–Kier alpha value is 0.0700. The van der Waals surface area contributed by atoms with Gasteiger partial charge in [-0.25, -0.2) is 0 Å². The van der Waals surface area contributed by atoms with Crippen molar-refractivity contribution in [2.75, 3.05) is 19.0 Å². The maximum atomic E-state index is 12.6. The summed E-state index contributed by atoms with van der Waals surface area (Å²) in [5.41, 5.74) is -0.0509. The standard InChI is InChI=1S/C23H37BrO3/c1-21(26)10-11-23(14-27-3)15(12-21)4-5-16-17-6-7-19(20(25)13-24)22(17,2)9-8-18(16)23/h15-19,26H,4-14H2,1-3H3. The Labute approximate surface area is 173 Å². The normalized spacial score (nSPS) is 52.0. The molecule has 0 spiro atoms. The molecule has 0 heterocycles. The van der Waals surface area contributed by atoms with E-state index in [2.05, 4.69) is 22.9 Å². The third-order valence-electron chi connectivity index (χ3n) is 9.59. The van der Waals surface area contributed by atoms with Gasteiger partial charge < -0.3 is 9.84 Å². The van der Waals surface area contributed by atoms with Gasteiger partial charge in [-0.1, -0.05) is 22.9 Å². The number of ketones is 1. The average Bonchev–Trinajstić information content (AvgIpc) is 2.98. The number of carbonyl (C=O) groups excluding carboxylic acids is 1. The summed E-state index contributed by atoms with van der Waals surface area (Å²) in [6.45, 7) is 5.30.